The van der Waals surface area contributed by atoms with Crippen LogP contribution in [0.3, 0.4) is 0 Å². The molecular weight excluding hydrogens is 214 g/mol. The monoisotopic (exact) mass is 225 g/mol. The van der Waals surface area contributed by atoms with E-state index in [0.717, 1.165) is 11.6 Å². The number of aromatic nitrogens is 1. The second-order valence-electron chi connectivity index (χ2n) is 3.38. The lowest BCUT2D eigenvalue weighted by atomic mass is 10.2. The molecule has 2 rings (SSSR count). The standard InChI is InChI=1S/C10H11NO3S/c1-15(13,14)11-9(7-12)6-8-4-2-3-5-10(8)11/h2-6,12H,7H2,1H3. The molecule has 1 heterocycles. The molecule has 15 heavy (non-hydrogen) atoms. The van der Waals surface area contributed by atoms with E-state index in [4.69, 9.17) is 5.11 Å². The highest BCUT2D eigenvalue weighted by Crippen LogP contribution is 2.21. The van der Waals surface area contributed by atoms with Crippen LogP contribution in [0.15, 0.2) is 30.3 Å². The first-order valence-electron chi connectivity index (χ1n) is 4.45. The molecule has 0 radical (unpaired) electrons. The SMILES string of the molecule is CS(=O)(=O)n1c(CO)cc2ccccc21. The van der Waals surface area contributed by atoms with E-state index in [-0.39, 0.29) is 6.61 Å². The summed E-state index contributed by atoms with van der Waals surface area (Å²) < 4.78 is 24.2. The van der Waals surface area contributed by atoms with Crippen LogP contribution in [0.4, 0.5) is 0 Å². The molecule has 0 saturated heterocycles. The molecule has 0 aliphatic carbocycles. The average molecular weight is 225 g/mol. The second-order valence-corrected chi connectivity index (χ2v) is 5.21. The van der Waals surface area contributed by atoms with Gasteiger partial charge in [-0.25, -0.2) is 12.4 Å². The third-order valence-electron chi connectivity index (χ3n) is 2.23. The fourth-order valence-electron chi connectivity index (χ4n) is 1.69. The van der Waals surface area contributed by atoms with Crippen molar-refractivity contribution >= 4 is 20.9 Å². The topological polar surface area (TPSA) is 59.3 Å². The molecule has 0 aliphatic heterocycles. The average Bonchev–Trinajstić information content (AvgIpc) is 2.54. The molecule has 0 amide bonds. The fourth-order valence-corrected chi connectivity index (χ4v) is 2.75. The number of aliphatic hydroxyl groups is 1. The van der Waals surface area contributed by atoms with E-state index in [1.165, 1.54) is 3.97 Å². The van der Waals surface area contributed by atoms with Gasteiger partial charge in [-0.3, -0.25) is 0 Å². The van der Waals surface area contributed by atoms with Crippen LogP contribution in [-0.4, -0.2) is 23.8 Å². The predicted octanol–water partition coefficient (Wildman–Crippen LogP) is 0.941. The van der Waals surface area contributed by atoms with Crippen LogP contribution < -0.4 is 0 Å². The van der Waals surface area contributed by atoms with E-state index in [9.17, 15) is 8.42 Å². The molecule has 0 atom stereocenters. The maximum Gasteiger partial charge on any atom is 0.236 e. The molecule has 4 nitrogen and oxygen atoms in total. The summed E-state index contributed by atoms with van der Waals surface area (Å²) in [7, 11) is -3.37. The molecule has 0 saturated carbocycles. The minimum Gasteiger partial charge on any atom is -0.390 e. The Bertz CT molecular complexity index is 598. The van der Waals surface area contributed by atoms with Gasteiger partial charge in [0.2, 0.25) is 10.0 Å². The van der Waals surface area contributed by atoms with E-state index in [2.05, 4.69) is 0 Å². The molecule has 0 bridgehead atoms. The van der Waals surface area contributed by atoms with E-state index >= 15 is 0 Å². The third kappa shape index (κ3) is 1.64. The molecule has 0 fully saturated rings. The van der Waals surface area contributed by atoms with Gasteiger partial charge in [-0.2, -0.15) is 0 Å². The Morgan fingerprint density at radius 2 is 2.00 bits per heavy atom. The van der Waals surface area contributed by atoms with Crippen molar-refractivity contribution < 1.29 is 13.5 Å². The molecule has 2 aromatic rings. The van der Waals surface area contributed by atoms with Crippen molar-refractivity contribution in [3.63, 3.8) is 0 Å². The summed E-state index contributed by atoms with van der Waals surface area (Å²) >= 11 is 0. The summed E-state index contributed by atoms with van der Waals surface area (Å²) in [6.07, 6.45) is 1.12. The van der Waals surface area contributed by atoms with Gasteiger partial charge in [0.25, 0.3) is 0 Å². The van der Waals surface area contributed by atoms with Crippen molar-refractivity contribution in [2.75, 3.05) is 6.26 Å². The maximum absolute atomic E-state index is 11.5. The highest BCUT2D eigenvalue weighted by atomic mass is 32.2. The lowest BCUT2D eigenvalue weighted by molar-refractivity contribution is 0.276. The largest absolute Gasteiger partial charge is 0.390 e. The van der Waals surface area contributed by atoms with E-state index in [1.807, 2.05) is 12.1 Å². The number of rotatable bonds is 2. The summed E-state index contributed by atoms with van der Waals surface area (Å²) in [5.41, 5.74) is 0.989. The Hall–Kier alpha value is -1.33. The maximum atomic E-state index is 11.5. The molecule has 1 N–H and O–H groups in total. The van der Waals surface area contributed by atoms with Crippen LogP contribution >= 0.6 is 0 Å². The Balaban J connectivity index is 2.91. The number of aliphatic hydroxyl groups excluding tert-OH is 1. The quantitative estimate of drug-likeness (QED) is 0.827. The van der Waals surface area contributed by atoms with Crippen molar-refractivity contribution in [3.05, 3.63) is 36.0 Å². The zero-order valence-corrected chi connectivity index (χ0v) is 9.03. The second kappa shape index (κ2) is 3.36. The zero-order chi connectivity index (χ0) is 11.1. The highest BCUT2D eigenvalue weighted by Gasteiger charge is 2.14. The molecule has 0 spiro atoms. The third-order valence-corrected chi connectivity index (χ3v) is 3.33. The number of para-hydroxylation sites is 1. The number of hydrogen-bond donors (Lipinski definition) is 1. The van der Waals surface area contributed by atoms with Crippen molar-refractivity contribution in [1.82, 2.24) is 3.97 Å². The minimum absolute atomic E-state index is 0.290. The van der Waals surface area contributed by atoms with Crippen molar-refractivity contribution in [1.29, 1.82) is 0 Å². The van der Waals surface area contributed by atoms with Crippen molar-refractivity contribution in [2.24, 2.45) is 0 Å². The predicted molar refractivity (Wildman–Crippen MR) is 58.1 cm³/mol. The first kappa shape index (κ1) is 10.2. The van der Waals surface area contributed by atoms with Gasteiger partial charge in [-0.05, 0) is 12.1 Å². The van der Waals surface area contributed by atoms with Crippen LogP contribution in [-0.2, 0) is 16.6 Å². The van der Waals surface area contributed by atoms with Gasteiger partial charge in [-0.15, -0.1) is 0 Å². The van der Waals surface area contributed by atoms with Crippen LogP contribution in [0.25, 0.3) is 10.9 Å². The normalized spacial score (nSPS) is 12.1. The molecule has 0 aliphatic rings. The van der Waals surface area contributed by atoms with Crippen LogP contribution in [0.2, 0.25) is 0 Å². The Morgan fingerprint density at radius 1 is 1.33 bits per heavy atom. The molecule has 80 valence electrons. The summed E-state index contributed by atoms with van der Waals surface area (Å²) in [4.78, 5) is 0. The minimum atomic E-state index is -3.37. The fraction of sp³-hybridized carbons (Fsp3) is 0.200. The van der Waals surface area contributed by atoms with Crippen LogP contribution in [0.5, 0.6) is 0 Å². The van der Waals surface area contributed by atoms with Gasteiger partial charge in [0.15, 0.2) is 0 Å². The molecule has 1 aromatic heterocycles. The molecule has 5 heteroatoms. The number of nitrogens with zero attached hydrogens (tertiary/aromatic N) is 1. The van der Waals surface area contributed by atoms with Gasteiger partial charge < -0.3 is 5.11 Å². The smallest absolute Gasteiger partial charge is 0.236 e. The van der Waals surface area contributed by atoms with Gasteiger partial charge >= 0.3 is 0 Å². The molecule has 0 unspecified atom stereocenters. The lowest BCUT2D eigenvalue weighted by Crippen LogP contribution is -2.12. The number of fused-ring (bicyclic) bond motifs is 1. The number of benzene rings is 1. The first-order chi connectivity index (χ1) is 7.04. The zero-order valence-electron chi connectivity index (χ0n) is 8.21. The molecular formula is C10H11NO3S. The van der Waals surface area contributed by atoms with Crippen LogP contribution in [0.1, 0.15) is 5.69 Å². The summed E-state index contributed by atoms with van der Waals surface area (Å²) in [6, 6.07) is 8.81. The van der Waals surface area contributed by atoms with E-state index < -0.39 is 10.0 Å². The van der Waals surface area contributed by atoms with Gasteiger partial charge in [-0.1, -0.05) is 18.2 Å². The Kier molecular flexibility index (Phi) is 2.28. The van der Waals surface area contributed by atoms with E-state index in [0.29, 0.717) is 11.2 Å². The van der Waals surface area contributed by atoms with E-state index in [1.54, 1.807) is 18.2 Å². The van der Waals surface area contributed by atoms with Crippen LogP contribution in [0, 0.1) is 0 Å². The summed E-state index contributed by atoms with van der Waals surface area (Å²) in [5.74, 6) is 0. The summed E-state index contributed by atoms with van der Waals surface area (Å²) in [5, 5.41) is 9.91. The lowest BCUT2D eigenvalue weighted by Gasteiger charge is -2.05. The molecule has 1 aromatic carbocycles. The Labute approximate surface area is 87.8 Å². The number of hydrogen-bond acceptors (Lipinski definition) is 3. The Morgan fingerprint density at radius 3 is 2.60 bits per heavy atom. The highest BCUT2D eigenvalue weighted by molar-refractivity contribution is 7.89. The van der Waals surface area contributed by atoms with Gasteiger partial charge in [0.1, 0.15) is 0 Å². The van der Waals surface area contributed by atoms with Gasteiger partial charge in [0, 0.05) is 5.39 Å². The van der Waals surface area contributed by atoms with Crippen molar-refractivity contribution in [2.45, 2.75) is 6.61 Å². The summed E-state index contributed by atoms with van der Waals surface area (Å²) in [6.45, 7) is -0.290. The first-order valence-corrected chi connectivity index (χ1v) is 6.29. The van der Waals surface area contributed by atoms with Gasteiger partial charge in [0.05, 0.1) is 24.1 Å². The van der Waals surface area contributed by atoms with Crippen molar-refractivity contribution in [3.8, 4) is 0 Å².